The number of hydrogen-bond acceptors (Lipinski definition) is 4. The van der Waals surface area contributed by atoms with Crippen molar-refractivity contribution in [3.05, 3.63) is 68.7 Å². The number of carboxylic acid groups (broad SMARTS) is 1. The van der Waals surface area contributed by atoms with E-state index >= 15 is 0 Å². The van der Waals surface area contributed by atoms with Crippen LogP contribution in [-0.4, -0.2) is 21.1 Å². The van der Waals surface area contributed by atoms with Crippen LogP contribution in [-0.2, 0) is 4.79 Å². The lowest BCUT2D eigenvalue weighted by molar-refractivity contribution is -0.385. The van der Waals surface area contributed by atoms with Crippen LogP contribution >= 0.6 is 11.6 Å². The lowest BCUT2D eigenvalue weighted by Crippen LogP contribution is -1.99. The summed E-state index contributed by atoms with van der Waals surface area (Å²) in [5.74, 6) is -1.66. The standard InChI is InChI=1S/C15H10ClNO5/c16-11-4-2-10(3-5-11)12(15(19)20)7-9-1-6-14(18)13(8-9)17(21)22/h1-8,18H,(H,19,20)/b12-7-. The summed E-state index contributed by atoms with van der Waals surface area (Å²) in [6.45, 7) is 0. The molecule has 0 radical (unpaired) electrons. The predicted molar refractivity (Wildman–Crippen MR) is 81.7 cm³/mol. The van der Waals surface area contributed by atoms with E-state index in [2.05, 4.69) is 0 Å². The van der Waals surface area contributed by atoms with Crippen molar-refractivity contribution in [2.45, 2.75) is 0 Å². The number of nitrogens with zero attached hydrogens (tertiary/aromatic N) is 1. The van der Waals surface area contributed by atoms with Crippen LogP contribution < -0.4 is 0 Å². The highest BCUT2D eigenvalue weighted by atomic mass is 35.5. The molecular weight excluding hydrogens is 310 g/mol. The van der Waals surface area contributed by atoms with E-state index in [9.17, 15) is 25.1 Å². The van der Waals surface area contributed by atoms with Crippen molar-refractivity contribution in [2.24, 2.45) is 0 Å². The molecule has 7 heteroatoms. The van der Waals surface area contributed by atoms with Crippen molar-refractivity contribution < 1.29 is 19.9 Å². The Kier molecular flexibility index (Phi) is 4.43. The number of carbonyl (C=O) groups is 1. The fourth-order valence-electron chi connectivity index (χ4n) is 1.84. The molecule has 0 aliphatic heterocycles. The van der Waals surface area contributed by atoms with Gasteiger partial charge >= 0.3 is 11.7 Å². The number of rotatable bonds is 4. The van der Waals surface area contributed by atoms with Crippen LogP contribution in [0.3, 0.4) is 0 Å². The molecule has 112 valence electrons. The Hall–Kier alpha value is -2.86. The van der Waals surface area contributed by atoms with Crippen LogP contribution in [0.4, 0.5) is 5.69 Å². The lowest BCUT2D eigenvalue weighted by Gasteiger charge is -2.04. The predicted octanol–water partition coefficient (Wildman–Crippen LogP) is 3.58. The van der Waals surface area contributed by atoms with Crippen LogP contribution in [0.5, 0.6) is 5.75 Å². The first-order chi connectivity index (χ1) is 10.4. The van der Waals surface area contributed by atoms with E-state index in [-0.39, 0.29) is 11.1 Å². The minimum absolute atomic E-state index is 0.0448. The molecule has 0 amide bonds. The third kappa shape index (κ3) is 3.42. The second kappa shape index (κ2) is 6.28. The molecule has 2 N–H and O–H groups in total. The molecule has 22 heavy (non-hydrogen) atoms. The summed E-state index contributed by atoms with van der Waals surface area (Å²) in [6, 6.07) is 9.81. The van der Waals surface area contributed by atoms with Crippen LogP contribution in [0, 0.1) is 10.1 Å². The number of hydrogen-bond donors (Lipinski definition) is 2. The molecular formula is C15H10ClNO5. The van der Waals surface area contributed by atoms with Crippen LogP contribution in [0.15, 0.2) is 42.5 Å². The Morgan fingerprint density at radius 3 is 2.36 bits per heavy atom. The van der Waals surface area contributed by atoms with E-state index < -0.39 is 22.3 Å². The first-order valence-electron chi connectivity index (χ1n) is 6.07. The van der Waals surface area contributed by atoms with Gasteiger partial charge in [-0.15, -0.1) is 0 Å². The molecule has 0 aliphatic carbocycles. The summed E-state index contributed by atoms with van der Waals surface area (Å²) in [5, 5.41) is 30.0. The van der Waals surface area contributed by atoms with Crippen LogP contribution in [0.25, 0.3) is 11.6 Å². The zero-order valence-electron chi connectivity index (χ0n) is 11.1. The van der Waals surface area contributed by atoms with Crippen molar-refractivity contribution in [2.75, 3.05) is 0 Å². The molecule has 0 heterocycles. The average Bonchev–Trinajstić information content (AvgIpc) is 2.47. The number of benzene rings is 2. The maximum Gasteiger partial charge on any atom is 0.336 e. The van der Waals surface area contributed by atoms with Gasteiger partial charge in [-0.05, 0) is 35.4 Å². The molecule has 6 nitrogen and oxygen atoms in total. The molecule has 2 aromatic carbocycles. The minimum Gasteiger partial charge on any atom is -0.502 e. The average molecular weight is 320 g/mol. The first kappa shape index (κ1) is 15.5. The third-order valence-electron chi connectivity index (χ3n) is 2.89. The van der Waals surface area contributed by atoms with E-state index in [1.54, 1.807) is 12.1 Å². The van der Waals surface area contributed by atoms with Gasteiger partial charge in [0.25, 0.3) is 0 Å². The SMILES string of the molecule is O=C(O)/C(=C\c1ccc(O)c([N+](=O)[O-])c1)c1ccc(Cl)cc1. The zero-order valence-corrected chi connectivity index (χ0v) is 11.8. The Morgan fingerprint density at radius 2 is 1.82 bits per heavy atom. The van der Waals surface area contributed by atoms with E-state index in [4.69, 9.17) is 11.6 Å². The minimum atomic E-state index is -1.18. The van der Waals surface area contributed by atoms with Crippen molar-refractivity contribution >= 4 is 34.9 Å². The maximum atomic E-state index is 11.4. The highest BCUT2D eigenvalue weighted by Gasteiger charge is 2.15. The summed E-state index contributed by atoms with van der Waals surface area (Å²) < 4.78 is 0. The molecule has 0 bridgehead atoms. The number of aromatic hydroxyl groups is 1. The summed E-state index contributed by atoms with van der Waals surface area (Å²) >= 11 is 5.76. The van der Waals surface area contributed by atoms with Gasteiger partial charge in [0.2, 0.25) is 0 Å². The number of aliphatic carboxylic acids is 1. The van der Waals surface area contributed by atoms with E-state index in [1.807, 2.05) is 0 Å². The Labute approximate surface area is 130 Å². The number of halogens is 1. The van der Waals surface area contributed by atoms with Gasteiger partial charge < -0.3 is 10.2 Å². The van der Waals surface area contributed by atoms with Gasteiger partial charge in [0.15, 0.2) is 5.75 Å². The highest BCUT2D eigenvalue weighted by molar-refractivity contribution is 6.30. The van der Waals surface area contributed by atoms with E-state index in [1.165, 1.54) is 24.3 Å². The molecule has 0 atom stereocenters. The summed E-state index contributed by atoms with van der Waals surface area (Å²) in [5.41, 5.74) is 0.163. The molecule has 2 aromatic rings. The second-order valence-corrected chi connectivity index (χ2v) is 4.81. The van der Waals surface area contributed by atoms with Gasteiger partial charge in [0, 0.05) is 11.1 Å². The van der Waals surface area contributed by atoms with E-state index in [0.717, 1.165) is 12.1 Å². The van der Waals surface area contributed by atoms with Crippen molar-refractivity contribution in [1.82, 2.24) is 0 Å². The number of phenols is 1. The van der Waals surface area contributed by atoms with Crippen molar-refractivity contribution in [1.29, 1.82) is 0 Å². The summed E-state index contributed by atoms with van der Waals surface area (Å²) in [4.78, 5) is 21.4. The molecule has 0 fully saturated rings. The molecule has 0 unspecified atom stereocenters. The molecule has 2 rings (SSSR count). The van der Waals surface area contributed by atoms with Crippen molar-refractivity contribution in [3.63, 3.8) is 0 Å². The Balaban J connectivity index is 2.51. The summed E-state index contributed by atoms with van der Waals surface area (Å²) in [7, 11) is 0. The molecule has 0 spiro atoms. The number of nitro groups is 1. The molecule has 0 aromatic heterocycles. The smallest absolute Gasteiger partial charge is 0.336 e. The zero-order chi connectivity index (χ0) is 16.3. The largest absolute Gasteiger partial charge is 0.502 e. The highest BCUT2D eigenvalue weighted by Crippen LogP contribution is 2.28. The number of phenolic OH excluding ortho intramolecular Hbond substituents is 1. The quantitative estimate of drug-likeness (QED) is 0.388. The second-order valence-electron chi connectivity index (χ2n) is 4.38. The third-order valence-corrected chi connectivity index (χ3v) is 3.14. The molecule has 0 aliphatic rings. The van der Waals surface area contributed by atoms with Gasteiger partial charge in [0.1, 0.15) is 0 Å². The van der Waals surface area contributed by atoms with E-state index in [0.29, 0.717) is 10.6 Å². The monoisotopic (exact) mass is 319 g/mol. The normalized spacial score (nSPS) is 11.2. The first-order valence-corrected chi connectivity index (χ1v) is 6.44. The fourth-order valence-corrected chi connectivity index (χ4v) is 1.97. The van der Waals surface area contributed by atoms with Crippen LogP contribution in [0.1, 0.15) is 11.1 Å². The van der Waals surface area contributed by atoms with Gasteiger partial charge in [0.05, 0.1) is 10.5 Å². The maximum absolute atomic E-state index is 11.4. The Bertz CT molecular complexity index is 768. The topological polar surface area (TPSA) is 101 Å². The number of carboxylic acids is 1. The van der Waals surface area contributed by atoms with Gasteiger partial charge in [-0.25, -0.2) is 4.79 Å². The Morgan fingerprint density at radius 1 is 1.18 bits per heavy atom. The van der Waals surface area contributed by atoms with Gasteiger partial charge in [-0.2, -0.15) is 0 Å². The lowest BCUT2D eigenvalue weighted by atomic mass is 10.0. The van der Waals surface area contributed by atoms with Crippen LogP contribution in [0.2, 0.25) is 5.02 Å². The molecule has 0 saturated carbocycles. The van der Waals surface area contributed by atoms with Gasteiger partial charge in [-0.1, -0.05) is 29.8 Å². The fraction of sp³-hybridized carbons (Fsp3) is 0. The summed E-state index contributed by atoms with van der Waals surface area (Å²) in [6.07, 6.45) is 1.29. The van der Waals surface area contributed by atoms with Gasteiger partial charge in [-0.3, -0.25) is 10.1 Å². The van der Waals surface area contributed by atoms with Crippen molar-refractivity contribution in [3.8, 4) is 5.75 Å². The number of nitro benzene ring substituents is 1. The molecule has 0 saturated heterocycles.